The van der Waals surface area contributed by atoms with Crippen LogP contribution in [0.25, 0.3) is 0 Å². The zero-order valence-corrected chi connectivity index (χ0v) is 21.6. The monoisotopic (exact) mass is 532 g/mol. The number of nitrogens with one attached hydrogen (secondary N) is 1. The number of aliphatic imine (C=N–C) groups is 1. The fourth-order valence-corrected chi connectivity index (χ4v) is 3.41. The van der Waals surface area contributed by atoms with Crippen molar-refractivity contribution in [2.24, 2.45) is 10.9 Å². The minimum atomic E-state index is 0. The molecular weight excluding hydrogens is 491 g/mol. The number of hydrogen-bond acceptors (Lipinski definition) is 4. The normalized spacial score (nSPS) is 15.0. The second kappa shape index (κ2) is 15.7. The van der Waals surface area contributed by atoms with Gasteiger partial charge in [0.2, 0.25) is 0 Å². The van der Waals surface area contributed by atoms with Gasteiger partial charge in [-0.3, -0.25) is 0 Å². The molecule has 0 spiro atoms. The van der Waals surface area contributed by atoms with Crippen LogP contribution >= 0.6 is 24.0 Å². The number of ether oxygens (including phenoxy) is 2. The molecule has 1 fully saturated rings. The van der Waals surface area contributed by atoms with Crippen LogP contribution in [-0.2, 0) is 11.3 Å². The molecule has 1 N–H and O–H groups in total. The Hall–Kier alpha value is -1.06. The Labute approximate surface area is 200 Å². The summed E-state index contributed by atoms with van der Waals surface area (Å²) >= 11 is 0. The molecule has 1 aliphatic heterocycles. The second-order valence-electron chi connectivity index (χ2n) is 8.09. The van der Waals surface area contributed by atoms with Crippen molar-refractivity contribution in [3.63, 3.8) is 0 Å². The van der Waals surface area contributed by atoms with Crippen molar-refractivity contribution >= 4 is 29.9 Å². The molecule has 172 valence electrons. The number of benzene rings is 1. The molecule has 1 aliphatic rings. The molecule has 1 aromatic carbocycles. The maximum atomic E-state index is 5.81. The van der Waals surface area contributed by atoms with E-state index in [-0.39, 0.29) is 24.0 Å². The first-order valence-electron chi connectivity index (χ1n) is 11.0. The highest BCUT2D eigenvalue weighted by Gasteiger charge is 2.15. The standard InChI is InChI=1S/C23H40N4O2.HI/c1-5-24-23(27(4)15-11-20-12-17-28-18-13-20)25-19-21-7-9-22(10-8-21)29-16-6-14-26(2)3;/h7-10,20H,5-6,11-19H2,1-4H3,(H,24,25);1H. The van der Waals surface area contributed by atoms with Crippen LogP contribution in [0.5, 0.6) is 5.75 Å². The molecule has 7 heteroatoms. The SMILES string of the molecule is CCNC(=NCc1ccc(OCCCN(C)C)cc1)N(C)CCC1CCOCC1.I. The van der Waals surface area contributed by atoms with Gasteiger partial charge in [-0.05, 0) is 70.3 Å². The molecule has 0 radical (unpaired) electrons. The number of hydrogen-bond donors (Lipinski definition) is 1. The zero-order chi connectivity index (χ0) is 20.9. The molecule has 0 atom stereocenters. The largest absolute Gasteiger partial charge is 0.494 e. The minimum Gasteiger partial charge on any atom is -0.494 e. The molecule has 30 heavy (non-hydrogen) atoms. The average molecular weight is 533 g/mol. The van der Waals surface area contributed by atoms with Gasteiger partial charge in [0.1, 0.15) is 5.75 Å². The van der Waals surface area contributed by atoms with Gasteiger partial charge in [0.25, 0.3) is 0 Å². The quantitative estimate of drug-likeness (QED) is 0.203. The highest BCUT2D eigenvalue weighted by Crippen LogP contribution is 2.18. The van der Waals surface area contributed by atoms with Crippen molar-refractivity contribution in [2.45, 2.75) is 39.2 Å². The van der Waals surface area contributed by atoms with Gasteiger partial charge < -0.3 is 24.6 Å². The lowest BCUT2D eigenvalue weighted by atomic mass is 9.96. The Bertz CT molecular complexity index is 589. The van der Waals surface area contributed by atoms with Crippen molar-refractivity contribution in [3.05, 3.63) is 29.8 Å². The predicted molar refractivity (Wildman–Crippen MR) is 136 cm³/mol. The van der Waals surface area contributed by atoms with Gasteiger partial charge in [-0.2, -0.15) is 0 Å². The maximum Gasteiger partial charge on any atom is 0.193 e. The summed E-state index contributed by atoms with van der Waals surface area (Å²) in [6.45, 7) is 8.31. The summed E-state index contributed by atoms with van der Waals surface area (Å²) in [6.07, 6.45) is 4.60. The molecule has 1 saturated heterocycles. The van der Waals surface area contributed by atoms with Gasteiger partial charge in [0.15, 0.2) is 5.96 Å². The molecule has 0 amide bonds. The van der Waals surface area contributed by atoms with Gasteiger partial charge in [0, 0.05) is 39.9 Å². The second-order valence-corrected chi connectivity index (χ2v) is 8.09. The average Bonchev–Trinajstić information content (AvgIpc) is 2.74. The molecule has 0 bridgehead atoms. The summed E-state index contributed by atoms with van der Waals surface area (Å²) in [6, 6.07) is 8.30. The maximum absolute atomic E-state index is 5.81. The Morgan fingerprint density at radius 3 is 2.47 bits per heavy atom. The summed E-state index contributed by atoms with van der Waals surface area (Å²) < 4.78 is 11.3. The van der Waals surface area contributed by atoms with Crippen LogP contribution in [0.4, 0.5) is 0 Å². The third-order valence-electron chi connectivity index (χ3n) is 5.26. The summed E-state index contributed by atoms with van der Waals surface area (Å²) in [5, 5.41) is 3.42. The number of halogens is 1. The van der Waals surface area contributed by atoms with Crippen molar-refractivity contribution < 1.29 is 9.47 Å². The van der Waals surface area contributed by atoms with E-state index in [9.17, 15) is 0 Å². The molecular formula is C23H41IN4O2. The van der Waals surface area contributed by atoms with E-state index in [4.69, 9.17) is 14.5 Å². The summed E-state index contributed by atoms with van der Waals surface area (Å²) in [5.41, 5.74) is 1.19. The van der Waals surface area contributed by atoms with E-state index in [0.717, 1.165) is 63.5 Å². The van der Waals surface area contributed by atoms with Crippen molar-refractivity contribution in [3.8, 4) is 5.75 Å². The van der Waals surface area contributed by atoms with Crippen molar-refractivity contribution in [2.75, 3.05) is 60.6 Å². The lowest BCUT2D eigenvalue weighted by Gasteiger charge is -2.26. The smallest absolute Gasteiger partial charge is 0.193 e. The number of rotatable bonds is 11. The van der Waals surface area contributed by atoms with Gasteiger partial charge in [-0.1, -0.05) is 12.1 Å². The Kier molecular flexibility index (Phi) is 14.1. The molecule has 1 aromatic rings. The molecule has 0 aromatic heterocycles. The fourth-order valence-electron chi connectivity index (χ4n) is 3.41. The van der Waals surface area contributed by atoms with E-state index < -0.39 is 0 Å². The van der Waals surface area contributed by atoms with E-state index in [0.29, 0.717) is 6.54 Å². The van der Waals surface area contributed by atoms with Crippen LogP contribution in [-0.4, -0.2) is 76.4 Å². The van der Waals surface area contributed by atoms with Crippen LogP contribution in [0.15, 0.2) is 29.3 Å². The molecule has 0 aliphatic carbocycles. The van der Waals surface area contributed by atoms with E-state index in [1.54, 1.807) is 0 Å². The van der Waals surface area contributed by atoms with Crippen LogP contribution in [0.2, 0.25) is 0 Å². The third-order valence-corrected chi connectivity index (χ3v) is 5.26. The van der Waals surface area contributed by atoms with Gasteiger partial charge >= 0.3 is 0 Å². The lowest BCUT2D eigenvalue weighted by Crippen LogP contribution is -2.40. The highest BCUT2D eigenvalue weighted by molar-refractivity contribution is 14.0. The van der Waals surface area contributed by atoms with Crippen LogP contribution in [0, 0.1) is 5.92 Å². The Morgan fingerprint density at radius 1 is 1.13 bits per heavy atom. The van der Waals surface area contributed by atoms with Crippen LogP contribution in [0.1, 0.15) is 38.2 Å². The summed E-state index contributed by atoms with van der Waals surface area (Å²) in [5.74, 6) is 2.68. The van der Waals surface area contributed by atoms with Crippen molar-refractivity contribution in [1.29, 1.82) is 0 Å². The van der Waals surface area contributed by atoms with Gasteiger partial charge in [-0.25, -0.2) is 4.99 Å². The van der Waals surface area contributed by atoms with Gasteiger partial charge in [-0.15, -0.1) is 24.0 Å². The van der Waals surface area contributed by atoms with E-state index in [1.165, 1.54) is 24.8 Å². The highest BCUT2D eigenvalue weighted by atomic mass is 127. The molecule has 1 heterocycles. The van der Waals surface area contributed by atoms with Crippen LogP contribution in [0.3, 0.4) is 0 Å². The minimum absolute atomic E-state index is 0. The van der Waals surface area contributed by atoms with Gasteiger partial charge in [0.05, 0.1) is 13.2 Å². The topological polar surface area (TPSA) is 49.3 Å². The third kappa shape index (κ3) is 10.8. The first kappa shape index (κ1) is 27.0. The molecule has 6 nitrogen and oxygen atoms in total. The van der Waals surface area contributed by atoms with E-state index >= 15 is 0 Å². The number of nitrogens with zero attached hydrogens (tertiary/aromatic N) is 3. The molecule has 0 saturated carbocycles. The fraction of sp³-hybridized carbons (Fsp3) is 0.696. The first-order valence-corrected chi connectivity index (χ1v) is 11.0. The Balaban J connectivity index is 0.00000450. The first-order chi connectivity index (χ1) is 14.1. The number of guanidine groups is 1. The predicted octanol–water partition coefficient (Wildman–Crippen LogP) is 3.85. The van der Waals surface area contributed by atoms with E-state index in [2.05, 4.69) is 55.3 Å². The summed E-state index contributed by atoms with van der Waals surface area (Å²) in [7, 11) is 6.30. The van der Waals surface area contributed by atoms with Crippen LogP contribution < -0.4 is 10.1 Å². The summed E-state index contributed by atoms with van der Waals surface area (Å²) in [4.78, 5) is 9.26. The van der Waals surface area contributed by atoms with E-state index in [1.807, 2.05) is 12.1 Å². The molecule has 0 unspecified atom stereocenters. The lowest BCUT2D eigenvalue weighted by molar-refractivity contribution is 0.0625. The Morgan fingerprint density at radius 2 is 1.83 bits per heavy atom. The zero-order valence-electron chi connectivity index (χ0n) is 19.2. The van der Waals surface area contributed by atoms with Crippen molar-refractivity contribution in [1.82, 2.24) is 15.1 Å². The molecule has 2 rings (SSSR count).